The van der Waals surface area contributed by atoms with Gasteiger partial charge in [-0.1, -0.05) is 29.8 Å². The number of morpholine rings is 1. The van der Waals surface area contributed by atoms with Crippen LogP contribution in [0.4, 0.5) is 18.0 Å². The standard InChI is InChI=1S/C21H21F3N6O3/c1-13-2-4-15(5-3-13)18-16(29-6-7-33-12-17(29)31)11-30(28-18)20(32)27-10-14-8-25-19(26-9-14)21(22,23)24/h2-5,8-9,16H,6-7,10-12H2,1H3,(H,27,32). The van der Waals surface area contributed by atoms with Gasteiger partial charge < -0.3 is 15.0 Å². The van der Waals surface area contributed by atoms with Gasteiger partial charge in [0.2, 0.25) is 11.7 Å². The third kappa shape index (κ3) is 5.11. The van der Waals surface area contributed by atoms with Gasteiger partial charge in [-0.05, 0) is 12.5 Å². The van der Waals surface area contributed by atoms with E-state index < -0.39 is 24.1 Å². The maximum atomic E-state index is 12.7. The van der Waals surface area contributed by atoms with Crippen LogP contribution in [0.25, 0.3) is 0 Å². The topological polar surface area (TPSA) is 100 Å². The number of hydrogen-bond donors (Lipinski definition) is 1. The minimum atomic E-state index is -4.63. The predicted molar refractivity (Wildman–Crippen MR) is 110 cm³/mol. The number of amides is 3. The number of hydrazone groups is 1. The van der Waals surface area contributed by atoms with Gasteiger partial charge in [-0.3, -0.25) is 4.79 Å². The summed E-state index contributed by atoms with van der Waals surface area (Å²) in [6.07, 6.45) is -2.61. The molecule has 174 valence electrons. The van der Waals surface area contributed by atoms with Gasteiger partial charge in [0.1, 0.15) is 6.61 Å². The van der Waals surface area contributed by atoms with E-state index in [-0.39, 0.29) is 25.6 Å². The van der Waals surface area contributed by atoms with Crippen LogP contribution in [0.15, 0.2) is 41.8 Å². The van der Waals surface area contributed by atoms with Crippen LogP contribution in [0, 0.1) is 6.92 Å². The second-order valence-electron chi connectivity index (χ2n) is 7.66. The number of benzene rings is 1. The number of aromatic nitrogens is 2. The van der Waals surface area contributed by atoms with Crippen molar-refractivity contribution in [2.24, 2.45) is 5.10 Å². The van der Waals surface area contributed by atoms with Crippen LogP contribution in [0.3, 0.4) is 0 Å². The Morgan fingerprint density at radius 1 is 1.21 bits per heavy atom. The quantitative estimate of drug-likeness (QED) is 0.749. The molecule has 2 aliphatic rings. The zero-order valence-corrected chi connectivity index (χ0v) is 17.7. The van der Waals surface area contributed by atoms with E-state index in [1.807, 2.05) is 31.2 Å². The molecule has 12 heteroatoms. The van der Waals surface area contributed by atoms with E-state index in [0.29, 0.717) is 24.4 Å². The molecule has 1 N–H and O–H groups in total. The molecule has 0 spiro atoms. The molecule has 3 heterocycles. The molecule has 0 bridgehead atoms. The van der Waals surface area contributed by atoms with Gasteiger partial charge in [-0.15, -0.1) is 0 Å². The number of nitrogens with zero attached hydrogens (tertiary/aromatic N) is 5. The van der Waals surface area contributed by atoms with Crippen molar-refractivity contribution in [2.45, 2.75) is 25.7 Å². The maximum absolute atomic E-state index is 12.7. The second kappa shape index (κ2) is 9.14. The Morgan fingerprint density at radius 3 is 2.55 bits per heavy atom. The number of carbonyl (C=O) groups excluding carboxylic acids is 2. The monoisotopic (exact) mass is 462 g/mol. The van der Waals surface area contributed by atoms with Crippen LogP contribution < -0.4 is 5.32 Å². The summed E-state index contributed by atoms with van der Waals surface area (Å²) in [5.74, 6) is -1.43. The van der Waals surface area contributed by atoms with Gasteiger partial charge in [0.25, 0.3) is 0 Å². The number of carbonyl (C=O) groups is 2. The minimum absolute atomic E-state index is 0.0300. The molecule has 2 aromatic rings. The lowest BCUT2D eigenvalue weighted by atomic mass is 10.0. The number of alkyl halides is 3. The van der Waals surface area contributed by atoms with Crippen molar-refractivity contribution in [3.63, 3.8) is 0 Å². The van der Waals surface area contributed by atoms with E-state index in [4.69, 9.17) is 4.74 Å². The average Bonchev–Trinajstić information content (AvgIpc) is 3.23. The third-order valence-corrected chi connectivity index (χ3v) is 5.27. The molecule has 1 unspecified atom stereocenters. The molecule has 9 nitrogen and oxygen atoms in total. The summed E-state index contributed by atoms with van der Waals surface area (Å²) >= 11 is 0. The predicted octanol–water partition coefficient (Wildman–Crippen LogP) is 1.96. The number of halogens is 3. The highest BCUT2D eigenvalue weighted by molar-refractivity contribution is 6.08. The number of nitrogens with one attached hydrogen (secondary N) is 1. The van der Waals surface area contributed by atoms with E-state index in [0.717, 1.165) is 23.5 Å². The Hall–Kier alpha value is -3.54. The number of hydrogen-bond acceptors (Lipinski definition) is 6. The van der Waals surface area contributed by atoms with E-state index in [9.17, 15) is 22.8 Å². The first-order valence-electron chi connectivity index (χ1n) is 10.2. The van der Waals surface area contributed by atoms with Crippen LogP contribution in [0.2, 0.25) is 0 Å². The minimum Gasteiger partial charge on any atom is -0.370 e. The third-order valence-electron chi connectivity index (χ3n) is 5.27. The van der Waals surface area contributed by atoms with Crippen LogP contribution in [0.1, 0.15) is 22.5 Å². The Bertz CT molecular complexity index is 1060. The summed E-state index contributed by atoms with van der Waals surface area (Å²) in [5.41, 5.74) is 2.73. The number of aryl methyl sites for hydroxylation is 1. The van der Waals surface area contributed by atoms with Crippen LogP contribution in [-0.2, 0) is 22.3 Å². The number of urea groups is 1. The van der Waals surface area contributed by atoms with Crippen LogP contribution in [0.5, 0.6) is 0 Å². The number of rotatable bonds is 4. The fourth-order valence-electron chi connectivity index (χ4n) is 3.56. The molecule has 0 saturated carbocycles. The van der Waals surface area contributed by atoms with Gasteiger partial charge in [-0.2, -0.15) is 18.3 Å². The molecule has 2 aliphatic heterocycles. The molecule has 1 fully saturated rings. The molecule has 1 saturated heterocycles. The molecule has 0 aliphatic carbocycles. The summed E-state index contributed by atoms with van der Waals surface area (Å²) < 4.78 is 43.0. The molecule has 1 aromatic carbocycles. The number of ether oxygens (including phenoxy) is 1. The highest BCUT2D eigenvalue weighted by Gasteiger charge is 2.38. The van der Waals surface area contributed by atoms with Crippen molar-refractivity contribution < 1.29 is 27.5 Å². The maximum Gasteiger partial charge on any atom is 0.451 e. The molecule has 4 rings (SSSR count). The average molecular weight is 462 g/mol. The summed E-state index contributed by atoms with van der Waals surface area (Å²) in [6, 6.07) is 6.61. The van der Waals surface area contributed by atoms with Crippen molar-refractivity contribution in [1.82, 2.24) is 25.2 Å². The SMILES string of the molecule is Cc1ccc(C2=NN(C(=O)NCc3cnc(C(F)(F)F)nc3)CC2N2CCOCC2=O)cc1. The van der Waals surface area contributed by atoms with E-state index in [2.05, 4.69) is 20.4 Å². The lowest BCUT2D eigenvalue weighted by Crippen LogP contribution is -2.52. The van der Waals surface area contributed by atoms with Crippen molar-refractivity contribution in [3.05, 3.63) is 59.2 Å². The van der Waals surface area contributed by atoms with Gasteiger partial charge in [-0.25, -0.2) is 19.8 Å². The highest BCUT2D eigenvalue weighted by Crippen LogP contribution is 2.25. The molecule has 0 radical (unpaired) electrons. The van der Waals surface area contributed by atoms with E-state index in [1.54, 1.807) is 4.90 Å². The molecular formula is C21H21F3N6O3. The van der Waals surface area contributed by atoms with E-state index in [1.165, 1.54) is 5.01 Å². The summed E-state index contributed by atoms with van der Waals surface area (Å²) in [6.45, 7) is 2.76. The van der Waals surface area contributed by atoms with Crippen LogP contribution >= 0.6 is 0 Å². The zero-order chi connectivity index (χ0) is 23.6. The molecule has 1 atom stereocenters. The van der Waals surface area contributed by atoms with Gasteiger partial charge in [0, 0.05) is 31.0 Å². The first kappa shape index (κ1) is 22.6. The molecule has 1 aromatic heterocycles. The Labute approximate surface area is 187 Å². The van der Waals surface area contributed by atoms with Gasteiger partial charge in [0.05, 0.1) is 24.9 Å². The van der Waals surface area contributed by atoms with Gasteiger partial charge in [0.15, 0.2) is 0 Å². The first-order chi connectivity index (χ1) is 15.7. The Kier molecular flexibility index (Phi) is 6.27. The largest absolute Gasteiger partial charge is 0.451 e. The van der Waals surface area contributed by atoms with Crippen molar-refractivity contribution in [3.8, 4) is 0 Å². The van der Waals surface area contributed by atoms with Crippen molar-refractivity contribution >= 4 is 17.6 Å². The molecular weight excluding hydrogens is 441 g/mol. The lowest BCUT2D eigenvalue weighted by Gasteiger charge is -2.32. The summed E-state index contributed by atoms with van der Waals surface area (Å²) in [5, 5.41) is 8.28. The Morgan fingerprint density at radius 2 is 1.91 bits per heavy atom. The first-order valence-corrected chi connectivity index (χ1v) is 10.2. The Balaban J connectivity index is 1.49. The normalized spacial score (nSPS) is 19.0. The van der Waals surface area contributed by atoms with Crippen molar-refractivity contribution in [2.75, 3.05) is 26.3 Å². The lowest BCUT2D eigenvalue weighted by molar-refractivity contribution is -0.145. The van der Waals surface area contributed by atoms with E-state index >= 15 is 0 Å². The second-order valence-corrected chi connectivity index (χ2v) is 7.66. The molecule has 3 amide bonds. The summed E-state index contributed by atoms with van der Waals surface area (Å²) in [4.78, 5) is 33.4. The van der Waals surface area contributed by atoms with Crippen molar-refractivity contribution in [1.29, 1.82) is 0 Å². The zero-order valence-electron chi connectivity index (χ0n) is 17.7. The highest BCUT2D eigenvalue weighted by atomic mass is 19.4. The fraction of sp³-hybridized carbons (Fsp3) is 0.381. The summed E-state index contributed by atoms with van der Waals surface area (Å²) in [7, 11) is 0. The fourth-order valence-corrected chi connectivity index (χ4v) is 3.56. The van der Waals surface area contributed by atoms with Crippen LogP contribution in [-0.4, -0.2) is 69.9 Å². The smallest absolute Gasteiger partial charge is 0.370 e. The van der Waals surface area contributed by atoms with Gasteiger partial charge >= 0.3 is 12.2 Å². The molecule has 33 heavy (non-hydrogen) atoms.